The van der Waals surface area contributed by atoms with Crippen molar-refractivity contribution in [2.45, 2.75) is 26.9 Å². The molecule has 0 saturated carbocycles. The minimum absolute atomic E-state index is 0.667. The number of hydrogen-bond acceptors (Lipinski definition) is 4. The van der Waals surface area contributed by atoms with Crippen molar-refractivity contribution in [3.63, 3.8) is 0 Å². The summed E-state index contributed by atoms with van der Waals surface area (Å²) in [5, 5.41) is 10.6. The molecule has 26 heavy (non-hydrogen) atoms. The summed E-state index contributed by atoms with van der Waals surface area (Å²) in [6, 6.07) is 8.17. The van der Waals surface area contributed by atoms with Crippen LogP contribution in [0.1, 0.15) is 25.2 Å². The highest BCUT2D eigenvalue weighted by Gasteiger charge is 2.31. The standard InChI is InChI=1S/C20H23N4OS/c1-3-22-10-12-26-19(22)8-7-18-20-23(4-2)17-13-15(14-21)5-6-16(17)24(20)9-11-25-18/h5-8,13H,3-4,9-12H2,1-2H3/q+1. The van der Waals surface area contributed by atoms with Gasteiger partial charge in [0.25, 0.3) is 0 Å². The first-order valence-electron chi connectivity index (χ1n) is 9.16. The van der Waals surface area contributed by atoms with Crippen molar-refractivity contribution >= 4 is 28.6 Å². The summed E-state index contributed by atoms with van der Waals surface area (Å²) in [7, 11) is 0. The molecule has 1 saturated heterocycles. The van der Waals surface area contributed by atoms with Crippen LogP contribution in [0.15, 0.2) is 35.4 Å². The molecule has 0 radical (unpaired) electrons. The lowest BCUT2D eigenvalue weighted by Crippen LogP contribution is -2.43. The number of nitriles is 1. The number of thioether (sulfide) groups is 1. The Morgan fingerprint density at radius 2 is 2.19 bits per heavy atom. The molecular formula is C20H23N4OS+. The highest BCUT2D eigenvalue weighted by molar-refractivity contribution is 8.03. The molecule has 4 rings (SSSR count). The summed E-state index contributed by atoms with van der Waals surface area (Å²) in [5.41, 5.74) is 2.95. The number of benzene rings is 1. The molecule has 1 aromatic carbocycles. The fourth-order valence-corrected chi connectivity index (χ4v) is 4.82. The first-order chi connectivity index (χ1) is 12.8. The summed E-state index contributed by atoms with van der Waals surface area (Å²) in [5.74, 6) is 3.14. The van der Waals surface area contributed by atoms with Crippen molar-refractivity contribution in [1.82, 2.24) is 9.47 Å². The van der Waals surface area contributed by atoms with Gasteiger partial charge in [0.05, 0.1) is 23.2 Å². The smallest absolute Gasteiger partial charge is 0.325 e. The Kier molecular flexibility index (Phi) is 4.64. The molecule has 0 unspecified atom stereocenters. The van der Waals surface area contributed by atoms with Crippen molar-refractivity contribution in [2.75, 3.05) is 25.4 Å². The van der Waals surface area contributed by atoms with E-state index in [1.165, 1.54) is 5.03 Å². The summed E-state index contributed by atoms with van der Waals surface area (Å²) in [4.78, 5) is 2.40. The lowest BCUT2D eigenvalue weighted by molar-refractivity contribution is -0.682. The predicted molar refractivity (Wildman–Crippen MR) is 104 cm³/mol. The van der Waals surface area contributed by atoms with Gasteiger partial charge in [-0.05, 0) is 38.1 Å². The van der Waals surface area contributed by atoms with Gasteiger partial charge in [-0.1, -0.05) is 0 Å². The summed E-state index contributed by atoms with van der Waals surface area (Å²) in [6.07, 6.45) is 4.29. The molecular weight excluding hydrogens is 344 g/mol. The van der Waals surface area contributed by atoms with Crippen LogP contribution in [0.4, 0.5) is 0 Å². The van der Waals surface area contributed by atoms with E-state index in [4.69, 9.17) is 4.74 Å². The van der Waals surface area contributed by atoms with Gasteiger partial charge in [0.15, 0.2) is 11.0 Å². The lowest BCUT2D eigenvalue weighted by Gasteiger charge is -2.16. The fourth-order valence-electron chi connectivity index (χ4n) is 3.73. The molecule has 2 aliphatic rings. The largest absolute Gasteiger partial charge is 0.482 e. The molecule has 2 aromatic rings. The van der Waals surface area contributed by atoms with Gasteiger partial charge < -0.3 is 9.64 Å². The number of rotatable bonds is 3. The molecule has 134 valence electrons. The topological polar surface area (TPSA) is 45.1 Å². The quantitative estimate of drug-likeness (QED) is 0.782. The molecule has 1 aromatic heterocycles. The highest BCUT2D eigenvalue weighted by Crippen LogP contribution is 2.29. The summed E-state index contributed by atoms with van der Waals surface area (Å²) >= 11 is 1.90. The number of aryl methyl sites for hydroxylation is 1. The Hall–Kier alpha value is -2.39. The minimum Gasteiger partial charge on any atom is -0.482 e. The van der Waals surface area contributed by atoms with E-state index in [0.29, 0.717) is 12.2 Å². The van der Waals surface area contributed by atoms with Gasteiger partial charge in [0.2, 0.25) is 5.76 Å². The Bertz CT molecular complexity index is 951. The molecule has 1 fully saturated rings. The molecule has 0 spiro atoms. The number of nitrogens with zero attached hydrogens (tertiary/aromatic N) is 4. The number of imidazole rings is 1. The Morgan fingerprint density at radius 1 is 1.31 bits per heavy atom. The van der Waals surface area contributed by atoms with E-state index in [-0.39, 0.29) is 0 Å². The van der Waals surface area contributed by atoms with E-state index in [0.717, 1.165) is 54.5 Å². The predicted octanol–water partition coefficient (Wildman–Crippen LogP) is 3.10. The molecule has 0 atom stereocenters. The van der Waals surface area contributed by atoms with Crippen molar-refractivity contribution in [3.05, 3.63) is 46.8 Å². The van der Waals surface area contributed by atoms with Gasteiger partial charge in [-0.3, -0.25) is 0 Å². The maximum atomic E-state index is 9.25. The molecule has 6 heteroatoms. The molecule has 0 amide bonds. The Labute approximate surface area is 158 Å². The van der Waals surface area contributed by atoms with E-state index in [1.54, 1.807) is 0 Å². The van der Waals surface area contributed by atoms with Crippen LogP contribution in [0.2, 0.25) is 0 Å². The third-order valence-electron chi connectivity index (χ3n) is 4.99. The maximum Gasteiger partial charge on any atom is 0.325 e. The molecule has 0 aliphatic carbocycles. The van der Waals surface area contributed by atoms with E-state index in [1.807, 2.05) is 23.9 Å². The SMILES string of the molecule is CCN1CCSC1=CC=C1OCC[n+]2c1n(CC)c1cc(C#N)ccc12. The van der Waals surface area contributed by atoms with E-state index < -0.39 is 0 Å². The van der Waals surface area contributed by atoms with E-state index in [9.17, 15) is 5.26 Å². The van der Waals surface area contributed by atoms with Crippen molar-refractivity contribution < 1.29 is 9.30 Å². The minimum atomic E-state index is 0.667. The average molecular weight is 367 g/mol. The monoisotopic (exact) mass is 367 g/mol. The zero-order chi connectivity index (χ0) is 18.1. The van der Waals surface area contributed by atoms with Crippen LogP contribution in [0.5, 0.6) is 0 Å². The van der Waals surface area contributed by atoms with Gasteiger partial charge in [0.1, 0.15) is 13.2 Å². The van der Waals surface area contributed by atoms with Crippen molar-refractivity contribution in [1.29, 1.82) is 5.26 Å². The summed E-state index contributed by atoms with van der Waals surface area (Å²) in [6.45, 7) is 8.81. The van der Waals surface area contributed by atoms with E-state index in [2.05, 4.69) is 52.2 Å². The zero-order valence-electron chi connectivity index (χ0n) is 15.2. The second kappa shape index (κ2) is 7.08. The molecule has 3 heterocycles. The van der Waals surface area contributed by atoms with Crippen LogP contribution in [0, 0.1) is 11.3 Å². The Morgan fingerprint density at radius 3 is 2.96 bits per heavy atom. The van der Waals surface area contributed by atoms with Gasteiger partial charge in [-0.15, -0.1) is 11.8 Å². The third kappa shape index (κ3) is 2.77. The molecule has 5 nitrogen and oxygen atoms in total. The second-order valence-corrected chi connectivity index (χ2v) is 7.46. The van der Waals surface area contributed by atoms with Gasteiger partial charge in [-0.2, -0.15) is 5.26 Å². The second-order valence-electron chi connectivity index (χ2n) is 6.35. The first-order valence-corrected chi connectivity index (χ1v) is 10.1. The van der Waals surface area contributed by atoms with E-state index >= 15 is 0 Å². The molecule has 2 aliphatic heterocycles. The number of fused-ring (bicyclic) bond motifs is 3. The first kappa shape index (κ1) is 17.0. The molecule has 0 N–H and O–H groups in total. The van der Waals surface area contributed by atoms with Crippen molar-refractivity contribution in [2.24, 2.45) is 0 Å². The van der Waals surface area contributed by atoms with Crippen LogP contribution in [0.25, 0.3) is 16.8 Å². The maximum absolute atomic E-state index is 9.25. The van der Waals surface area contributed by atoms with Crippen LogP contribution in [-0.4, -0.2) is 34.9 Å². The van der Waals surface area contributed by atoms with Crippen LogP contribution < -0.4 is 4.57 Å². The zero-order valence-corrected chi connectivity index (χ0v) is 16.1. The third-order valence-corrected chi connectivity index (χ3v) is 6.07. The molecule has 0 bridgehead atoms. The van der Waals surface area contributed by atoms with Gasteiger partial charge in [-0.25, -0.2) is 9.13 Å². The van der Waals surface area contributed by atoms with Gasteiger partial charge in [0, 0.05) is 24.9 Å². The van der Waals surface area contributed by atoms with Crippen LogP contribution in [-0.2, 0) is 17.8 Å². The average Bonchev–Trinajstić information content (AvgIpc) is 3.27. The van der Waals surface area contributed by atoms with Crippen LogP contribution >= 0.6 is 11.8 Å². The Balaban J connectivity index is 1.84. The lowest BCUT2D eigenvalue weighted by atomic mass is 10.2. The fraction of sp³-hybridized carbons (Fsp3) is 0.400. The number of allylic oxidation sites excluding steroid dienone is 2. The number of hydrogen-bond donors (Lipinski definition) is 0. The summed E-state index contributed by atoms with van der Waals surface area (Å²) < 4.78 is 10.6. The van der Waals surface area contributed by atoms with Crippen LogP contribution in [0.3, 0.4) is 0 Å². The van der Waals surface area contributed by atoms with Crippen molar-refractivity contribution in [3.8, 4) is 6.07 Å². The highest BCUT2D eigenvalue weighted by atomic mass is 32.2. The number of ether oxygens (including phenoxy) is 1. The normalized spacial score (nSPS) is 19.8. The number of aromatic nitrogens is 2. The van der Waals surface area contributed by atoms with Gasteiger partial charge >= 0.3 is 5.82 Å².